The van der Waals surface area contributed by atoms with Crippen LogP contribution in [0.1, 0.15) is 31.1 Å². The van der Waals surface area contributed by atoms with Gasteiger partial charge in [0, 0.05) is 12.6 Å². The van der Waals surface area contributed by atoms with Crippen molar-refractivity contribution in [1.29, 1.82) is 0 Å². The van der Waals surface area contributed by atoms with E-state index in [4.69, 9.17) is 22.1 Å². The molecule has 5 heteroatoms. The minimum Gasteiger partial charge on any atom is -0.496 e. The lowest BCUT2D eigenvalue weighted by Gasteiger charge is -2.21. The summed E-state index contributed by atoms with van der Waals surface area (Å²) >= 11 is 6.11. The summed E-state index contributed by atoms with van der Waals surface area (Å²) in [4.78, 5) is 11.2. The van der Waals surface area contributed by atoms with Crippen molar-refractivity contribution in [2.45, 2.75) is 20.8 Å². The molecule has 4 nitrogen and oxygen atoms in total. The molecular weight excluding hydrogens is 252 g/mol. The number of rotatable bonds is 4. The molecule has 0 saturated carbocycles. The fourth-order valence-electron chi connectivity index (χ4n) is 1.41. The maximum absolute atomic E-state index is 11.2. The molecule has 0 aliphatic rings. The number of hydrogen-bond acceptors (Lipinski definition) is 3. The Kier molecular flexibility index (Phi) is 4.46. The van der Waals surface area contributed by atoms with E-state index in [2.05, 4.69) is 26.1 Å². The van der Waals surface area contributed by atoms with Crippen molar-refractivity contribution in [2.24, 2.45) is 11.1 Å². The Labute approximate surface area is 112 Å². The Bertz CT molecular complexity index is 453. The van der Waals surface area contributed by atoms with Crippen LogP contribution in [0.3, 0.4) is 0 Å². The first-order valence-corrected chi connectivity index (χ1v) is 6.03. The first kappa shape index (κ1) is 14.6. The third-order valence-electron chi connectivity index (χ3n) is 2.36. The molecule has 1 aromatic carbocycles. The van der Waals surface area contributed by atoms with Crippen LogP contribution in [0, 0.1) is 5.41 Å². The molecule has 0 heterocycles. The zero-order valence-electron chi connectivity index (χ0n) is 11.1. The molecule has 0 bridgehead atoms. The Morgan fingerprint density at radius 1 is 1.44 bits per heavy atom. The predicted molar refractivity (Wildman–Crippen MR) is 74.5 cm³/mol. The van der Waals surface area contributed by atoms with Gasteiger partial charge in [-0.1, -0.05) is 32.4 Å². The quantitative estimate of drug-likeness (QED) is 0.884. The third-order valence-corrected chi connectivity index (χ3v) is 2.68. The molecule has 0 spiro atoms. The van der Waals surface area contributed by atoms with Crippen molar-refractivity contribution in [3.63, 3.8) is 0 Å². The van der Waals surface area contributed by atoms with E-state index in [1.54, 1.807) is 6.07 Å². The smallest absolute Gasteiger partial charge is 0.252 e. The largest absolute Gasteiger partial charge is 0.496 e. The van der Waals surface area contributed by atoms with Crippen LogP contribution in [0.4, 0.5) is 5.69 Å². The molecule has 0 aromatic heterocycles. The van der Waals surface area contributed by atoms with Gasteiger partial charge in [0.2, 0.25) is 0 Å². The number of anilines is 1. The van der Waals surface area contributed by atoms with Crippen molar-refractivity contribution in [2.75, 3.05) is 19.0 Å². The second kappa shape index (κ2) is 5.48. The molecule has 18 heavy (non-hydrogen) atoms. The van der Waals surface area contributed by atoms with Crippen molar-refractivity contribution >= 4 is 23.2 Å². The van der Waals surface area contributed by atoms with Crippen molar-refractivity contribution in [3.05, 3.63) is 22.7 Å². The van der Waals surface area contributed by atoms with Crippen LogP contribution in [0.5, 0.6) is 5.75 Å². The average molecular weight is 271 g/mol. The second-order valence-corrected chi connectivity index (χ2v) is 5.72. The molecular formula is C13H19ClN2O2. The molecule has 0 fully saturated rings. The van der Waals surface area contributed by atoms with Crippen LogP contribution in [-0.2, 0) is 0 Å². The molecule has 0 aliphatic heterocycles. The van der Waals surface area contributed by atoms with E-state index >= 15 is 0 Å². The summed E-state index contributed by atoms with van der Waals surface area (Å²) in [5.74, 6) is -0.139. The summed E-state index contributed by atoms with van der Waals surface area (Å²) in [6, 6.07) is 3.21. The lowest BCUT2D eigenvalue weighted by molar-refractivity contribution is 0.0997. The number of amides is 1. The molecule has 100 valence electrons. The van der Waals surface area contributed by atoms with Crippen LogP contribution in [-0.4, -0.2) is 19.6 Å². The minimum absolute atomic E-state index is 0.124. The lowest BCUT2D eigenvalue weighted by atomic mass is 9.97. The molecule has 3 N–H and O–H groups in total. The highest BCUT2D eigenvalue weighted by atomic mass is 35.5. The van der Waals surface area contributed by atoms with Crippen molar-refractivity contribution < 1.29 is 9.53 Å². The van der Waals surface area contributed by atoms with Crippen LogP contribution >= 0.6 is 11.6 Å². The number of halogens is 1. The normalized spacial score (nSPS) is 11.2. The SMILES string of the molecule is COc1cc(NCC(C)(C)C)c(Cl)cc1C(N)=O. The van der Waals surface area contributed by atoms with E-state index in [0.29, 0.717) is 10.8 Å². The van der Waals surface area contributed by atoms with Crippen LogP contribution < -0.4 is 15.8 Å². The zero-order chi connectivity index (χ0) is 13.9. The van der Waals surface area contributed by atoms with Gasteiger partial charge < -0.3 is 15.8 Å². The third kappa shape index (κ3) is 3.81. The summed E-state index contributed by atoms with van der Waals surface area (Å²) in [7, 11) is 1.49. The van der Waals surface area contributed by atoms with E-state index in [1.165, 1.54) is 13.2 Å². The van der Waals surface area contributed by atoms with Gasteiger partial charge in [-0.15, -0.1) is 0 Å². The Balaban J connectivity index is 3.04. The van der Waals surface area contributed by atoms with Gasteiger partial charge in [0.1, 0.15) is 5.75 Å². The number of ether oxygens (including phenoxy) is 1. The molecule has 0 saturated heterocycles. The molecule has 1 amide bonds. The highest BCUT2D eigenvalue weighted by molar-refractivity contribution is 6.33. The molecule has 1 rings (SSSR count). The van der Waals surface area contributed by atoms with Gasteiger partial charge in [-0.2, -0.15) is 0 Å². The van der Waals surface area contributed by atoms with Gasteiger partial charge in [0.15, 0.2) is 0 Å². The standard InChI is InChI=1S/C13H19ClN2O2/c1-13(2,3)7-16-10-6-11(18-4)8(12(15)17)5-9(10)14/h5-6,16H,7H2,1-4H3,(H2,15,17). The molecule has 0 atom stereocenters. The van der Waals surface area contributed by atoms with Gasteiger partial charge in [-0.05, 0) is 11.5 Å². The maximum Gasteiger partial charge on any atom is 0.252 e. The van der Waals surface area contributed by atoms with Crippen molar-refractivity contribution in [1.82, 2.24) is 0 Å². The number of carbonyl (C=O) groups excluding carboxylic acids is 1. The Hall–Kier alpha value is -1.42. The molecule has 0 aliphatic carbocycles. The van der Waals surface area contributed by atoms with E-state index in [-0.39, 0.29) is 11.0 Å². The predicted octanol–water partition coefficient (Wildman–Crippen LogP) is 2.91. The molecule has 0 unspecified atom stereocenters. The summed E-state index contributed by atoms with van der Waals surface area (Å²) in [6.07, 6.45) is 0. The van der Waals surface area contributed by atoms with E-state index in [1.807, 2.05) is 0 Å². The summed E-state index contributed by atoms with van der Waals surface area (Å²) in [6.45, 7) is 7.10. The van der Waals surface area contributed by atoms with E-state index < -0.39 is 5.91 Å². The summed E-state index contributed by atoms with van der Waals surface area (Å²) in [5, 5.41) is 3.68. The monoisotopic (exact) mass is 270 g/mol. The van der Waals surface area contributed by atoms with Gasteiger partial charge in [-0.25, -0.2) is 0 Å². The van der Waals surface area contributed by atoms with E-state index in [0.717, 1.165) is 12.2 Å². The number of benzene rings is 1. The van der Waals surface area contributed by atoms with Gasteiger partial charge in [0.25, 0.3) is 5.91 Å². The number of nitrogens with one attached hydrogen (secondary N) is 1. The topological polar surface area (TPSA) is 64.3 Å². The number of hydrogen-bond donors (Lipinski definition) is 2. The summed E-state index contributed by atoms with van der Waals surface area (Å²) < 4.78 is 5.13. The second-order valence-electron chi connectivity index (χ2n) is 5.31. The maximum atomic E-state index is 11.2. The first-order valence-electron chi connectivity index (χ1n) is 5.66. The first-order chi connectivity index (χ1) is 8.24. The fourth-order valence-corrected chi connectivity index (χ4v) is 1.64. The minimum atomic E-state index is -0.559. The fraction of sp³-hybridized carbons (Fsp3) is 0.462. The zero-order valence-corrected chi connectivity index (χ0v) is 11.9. The number of primary amides is 1. The highest BCUT2D eigenvalue weighted by Gasteiger charge is 2.15. The van der Waals surface area contributed by atoms with Crippen molar-refractivity contribution in [3.8, 4) is 5.75 Å². The Morgan fingerprint density at radius 2 is 2.06 bits per heavy atom. The van der Waals surface area contributed by atoms with Gasteiger partial charge in [0.05, 0.1) is 23.4 Å². The number of nitrogens with two attached hydrogens (primary N) is 1. The lowest BCUT2D eigenvalue weighted by Crippen LogP contribution is -2.19. The van der Waals surface area contributed by atoms with Crippen LogP contribution in [0.25, 0.3) is 0 Å². The number of carbonyl (C=O) groups is 1. The number of methoxy groups -OCH3 is 1. The van der Waals surface area contributed by atoms with Gasteiger partial charge in [-0.3, -0.25) is 4.79 Å². The molecule has 0 radical (unpaired) electrons. The van der Waals surface area contributed by atoms with E-state index in [9.17, 15) is 4.79 Å². The average Bonchev–Trinajstić information content (AvgIpc) is 2.25. The summed E-state index contributed by atoms with van der Waals surface area (Å²) in [5.41, 5.74) is 6.39. The Morgan fingerprint density at radius 3 is 2.50 bits per heavy atom. The highest BCUT2D eigenvalue weighted by Crippen LogP contribution is 2.31. The van der Waals surface area contributed by atoms with Gasteiger partial charge >= 0.3 is 0 Å². The van der Waals surface area contributed by atoms with Crippen LogP contribution in [0.15, 0.2) is 12.1 Å². The molecule has 1 aromatic rings. The van der Waals surface area contributed by atoms with Crippen LogP contribution in [0.2, 0.25) is 5.02 Å².